The van der Waals surface area contributed by atoms with Gasteiger partial charge < -0.3 is 10.1 Å². The lowest BCUT2D eigenvalue weighted by Gasteiger charge is -2.08. The van der Waals surface area contributed by atoms with E-state index in [-0.39, 0.29) is 6.61 Å². The number of nitrogens with one attached hydrogen (secondary N) is 2. The first kappa shape index (κ1) is 14.5. The highest BCUT2D eigenvalue weighted by Crippen LogP contribution is 2.23. The van der Waals surface area contributed by atoms with Gasteiger partial charge in [-0.3, -0.25) is 10.1 Å². The van der Waals surface area contributed by atoms with Crippen molar-refractivity contribution in [2.24, 2.45) is 0 Å². The van der Waals surface area contributed by atoms with Gasteiger partial charge in [0, 0.05) is 6.54 Å². The van der Waals surface area contributed by atoms with Crippen molar-refractivity contribution in [2.45, 2.75) is 13.3 Å². The van der Waals surface area contributed by atoms with Crippen molar-refractivity contribution in [1.29, 1.82) is 0 Å². The van der Waals surface area contributed by atoms with Crippen molar-refractivity contribution in [1.82, 2.24) is 10.6 Å². The van der Waals surface area contributed by atoms with Gasteiger partial charge in [-0.25, -0.2) is 4.79 Å². The van der Waals surface area contributed by atoms with Crippen molar-refractivity contribution in [2.75, 3.05) is 13.2 Å². The van der Waals surface area contributed by atoms with Crippen molar-refractivity contribution >= 4 is 27.9 Å². The first-order valence-corrected chi connectivity index (χ1v) is 6.37. The SMILES string of the molecule is CCCNC(=O)NC(=O)COc1ccccc1Br. The minimum absolute atomic E-state index is 0.206. The number of amides is 3. The fourth-order valence-electron chi connectivity index (χ4n) is 1.15. The molecule has 6 heteroatoms. The number of hydrogen-bond donors (Lipinski definition) is 2. The molecule has 0 saturated heterocycles. The molecule has 98 valence electrons. The predicted octanol–water partition coefficient (Wildman–Crippen LogP) is 2.06. The number of imide groups is 1. The van der Waals surface area contributed by atoms with Crippen molar-refractivity contribution < 1.29 is 14.3 Å². The zero-order chi connectivity index (χ0) is 13.4. The van der Waals surface area contributed by atoms with Gasteiger partial charge in [-0.05, 0) is 34.5 Å². The minimum atomic E-state index is -0.502. The molecule has 0 unspecified atom stereocenters. The van der Waals surface area contributed by atoms with E-state index < -0.39 is 11.9 Å². The lowest BCUT2D eigenvalue weighted by atomic mass is 10.3. The summed E-state index contributed by atoms with van der Waals surface area (Å²) in [7, 11) is 0. The van der Waals surface area contributed by atoms with Gasteiger partial charge in [-0.2, -0.15) is 0 Å². The summed E-state index contributed by atoms with van der Waals surface area (Å²) in [5, 5.41) is 4.71. The van der Waals surface area contributed by atoms with Crippen LogP contribution in [0.15, 0.2) is 28.7 Å². The first-order chi connectivity index (χ1) is 8.63. The standard InChI is InChI=1S/C12H15BrN2O3/c1-2-7-14-12(17)15-11(16)8-18-10-6-4-3-5-9(10)13/h3-6H,2,7-8H2,1H3,(H2,14,15,16,17). The monoisotopic (exact) mass is 314 g/mol. The number of ether oxygens (including phenoxy) is 1. The Labute approximate surface area is 114 Å². The molecule has 0 radical (unpaired) electrons. The van der Waals surface area contributed by atoms with Gasteiger partial charge in [0.2, 0.25) is 0 Å². The first-order valence-electron chi connectivity index (χ1n) is 5.58. The molecule has 1 aromatic carbocycles. The van der Waals surface area contributed by atoms with E-state index in [4.69, 9.17) is 4.74 Å². The van der Waals surface area contributed by atoms with Crippen LogP contribution in [0.3, 0.4) is 0 Å². The Balaban J connectivity index is 2.33. The Bertz CT molecular complexity index is 424. The van der Waals surface area contributed by atoms with Crippen molar-refractivity contribution in [3.63, 3.8) is 0 Å². The average Bonchev–Trinajstić information content (AvgIpc) is 2.35. The summed E-state index contributed by atoms with van der Waals surface area (Å²) in [6.07, 6.45) is 0.815. The van der Waals surface area contributed by atoms with Crippen LogP contribution in [0.1, 0.15) is 13.3 Å². The summed E-state index contributed by atoms with van der Waals surface area (Å²) in [6, 6.07) is 6.68. The Morgan fingerprint density at radius 1 is 1.33 bits per heavy atom. The summed E-state index contributed by atoms with van der Waals surface area (Å²) in [6.45, 7) is 2.25. The Hall–Kier alpha value is -1.56. The fourth-order valence-corrected chi connectivity index (χ4v) is 1.55. The quantitative estimate of drug-likeness (QED) is 0.874. The molecule has 0 heterocycles. The van der Waals surface area contributed by atoms with Gasteiger partial charge in [-0.15, -0.1) is 0 Å². The molecule has 18 heavy (non-hydrogen) atoms. The molecule has 3 amide bonds. The van der Waals surface area contributed by atoms with Crippen LogP contribution in [-0.2, 0) is 4.79 Å². The second kappa shape index (κ2) is 7.71. The van der Waals surface area contributed by atoms with E-state index in [9.17, 15) is 9.59 Å². The molecule has 0 aliphatic heterocycles. The topological polar surface area (TPSA) is 67.4 Å². The van der Waals surface area contributed by atoms with E-state index in [1.54, 1.807) is 18.2 Å². The third-order valence-electron chi connectivity index (χ3n) is 1.98. The fraction of sp³-hybridized carbons (Fsp3) is 0.333. The highest BCUT2D eigenvalue weighted by molar-refractivity contribution is 9.10. The highest BCUT2D eigenvalue weighted by atomic mass is 79.9. The molecule has 0 atom stereocenters. The molecule has 0 fully saturated rings. The minimum Gasteiger partial charge on any atom is -0.483 e. The summed E-state index contributed by atoms with van der Waals surface area (Å²) >= 11 is 3.30. The Kier molecular flexibility index (Phi) is 6.21. The summed E-state index contributed by atoms with van der Waals surface area (Å²) in [5.74, 6) is 0.0703. The molecule has 1 aromatic rings. The maximum absolute atomic E-state index is 11.4. The lowest BCUT2D eigenvalue weighted by molar-refractivity contribution is -0.122. The lowest BCUT2D eigenvalue weighted by Crippen LogP contribution is -2.41. The van der Waals surface area contributed by atoms with E-state index in [0.717, 1.165) is 10.9 Å². The van der Waals surface area contributed by atoms with Gasteiger partial charge in [0.15, 0.2) is 6.61 Å². The maximum atomic E-state index is 11.4. The molecular formula is C12H15BrN2O3. The van der Waals surface area contributed by atoms with Crippen LogP contribution in [0, 0.1) is 0 Å². The number of carbonyl (C=O) groups excluding carboxylic acids is 2. The molecule has 2 N–H and O–H groups in total. The van der Waals surface area contributed by atoms with Crippen molar-refractivity contribution in [3.8, 4) is 5.75 Å². The third-order valence-corrected chi connectivity index (χ3v) is 2.64. The zero-order valence-electron chi connectivity index (χ0n) is 10.0. The van der Waals surface area contributed by atoms with Crippen LogP contribution in [0.2, 0.25) is 0 Å². The number of hydrogen-bond acceptors (Lipinski definition) is 3. The van der Waals surface area contributed by atoms with Crippen LogP contribution in [0.4, 0.5) is 4.79 Å². The van der Waals surface area contributed by atoms with Gasteiger partial charge in [0.1, 0.15) is 5.75 Å². The molecule has 1 rings (SSSR count). The molecule has 5 nitrogen and oxygen atoms in total. The number of halogens is 1. The van der Waals surface area contributed by atoms with Gasteiger partial charge in [0.25, 0.3) is 5.91 Å². The number of urea groups is 1. The van der Waals surface area contributed by atoms with E-state index >= 15 is 0 Å². The number of rotatable bonds is 5. The zero-order valence-corrected chi connectivity index (χ0v) is 11.6. The number of carbonyl (C=O) groups is 2. The van der Waals surface area contributed by atoms with Gasteiger partial charge in [0.05, 0.1) is 4.47 Å². The molecular weight excluding hydrogens is 300 g/mol. The Morgan fingerprint density at radius 3 is 2.72 bits per heavy atom. The largest absolute Gasteiger partial charge is 0.483 e. The van der Waals surface area contributed by atoms with E-state index in [1.165, 1.54) is 0 Å². The number of para-hydroxylation sites is 1. The maximum Gasteiger partial charge on any atom is 0.321 e. The molecule has 0 spiro atoms. The Morgan fingerprint density at radius 2 is 2.06 bits per heavy atom. The third kappa shape index (κ3) is 5.18. The second-order valence-electron chi connectivity index (χ2n) is 3.52. The predicted molar refractivity (Wildman–Crippen MR) is 71.5 cm³/mol. The summed E-state index contributed by atoms with van der Waals surface area (Å²) < 4.78 is 6.02. The van der Waals surface area contributed by atoms with Crippen LogP contribution in [-0.4, -0.2) is 25.1 Å². The van der Waals surface area contributed by atoms with Gasteiger partial charge in [-0.1, -0.05) is 19.1 Å². The van der Waals surface area contributed by atoms with E-state index in [2.05, 4.69) is 26.6 Å². The van der Waals surface area contributed by atoms with Crippen LogP contribution >= 0.6 is 15.9 Å². The van der Waals surface area contributed by atoms with E-state index in [0.29, 0.717) is 12.3 Å². The average molecular weight is 315 g/mol. The number of benzene rings is 1. The molecule has 0 bridgehead atoms. The van der Waals surface area contributed by atoms with Crippen LogP contribution in [0.5, 0.6) is 5.75 Å². The summed E-state index contributed by atoms with van der Waals surface area (Å²) in [4.78, 5) is 22.6. The van der Waals surface area contributed by atoms with Crippen LogP contribution in [0.25, 0.3) is 0 Å². The molecule has 0 aliphatic rings. The smallest absolute Gasteiger partial charge is 0.321 e. The molecule has 0 aliphatic carbocycles. The molecule has 0 aromatic heterocycles. The second-order valence-corrected chi connectivity index (χ2v) is 4.38. The van der Waals surface area contributed by atoms with Crippen molar-refractivity contribution in [3.05, 3.63) is 28.7 Å². The van der Waals surface area contributed by atoms with Crippen LogP contribution < -0.4 is 15.4 Å². The van der Waals surface area contributed by atoms with E-state index in [1.807, 2.05) is 13.0 Å². The summed E-state index contributed by atoms with van der Waals surface area (Å²) in [5.41, 5.74) is 0. The van der Waals surface area contributed by atoms with Gasteiger partial charge >= 0.3 is 6.03 Å². The normalized spacial score (nSPS) is 9.67. The highest BCUT2D eigenvalue weighted by Gasteiger charge is 2.08. The molecule has 0 saturated carbocycles.